The minimum absolute atomic E-state index is 0.149. The van der Waals surface area contributed by atoms with Gasteiger partial charge in [0.05, 0.1) is 36.9 Å². The maximum atomic E-state index is 12.8. The van der Waals surface area contributed by atoms with Gasteiger partial charge in [-0.25, -0.2) is 8.42 Å². The van der Waals surface area contributed by atoms with Crippen LogP contribution < -0.4 is 10.2 Å². The zero-order chi connectivity index (χ0) is 21.7. The predicted molar refractivity (Wildman–Crippen MR) is 113 cm³/mol. The Morgan fingerprint density at radius 2 is 1.80 bits per heavy atom. The second-order valence-corrected chi connectivity index (χ2v) is 9.15. The molecule has 3 rings (SSSR count). The molecule has 0 atom stereocenters. The van der Waals surface area contributed by atoms with Gasteiger partial charge in [-0.1, -0.05) is 12.1 Å². The van der Waals surface area contributed by atoms with Crippen LogP contribution in [0.1, 0.15) is 16.1 Å². The maximum absolute atomic E-state index is 12.8. The Kier molecular flexibility index (Phi) is 6.91. The monoisotopic (exact) mass is 434 g/mol. The number of benzene rings is 1. The molecule has 0 spiro atoms. The van der Waals surface area contributed by atoms with Crippen molar-refractivity contribution >= 4 is 27.5 Å². The van der Waals surface area contributed by atoms with Crippen LogP contribution >= 0.6 is 0 Å². The topological polar surface area (TPSA) is 103 Å². The minimum Gasteiger partial charge on any atom is -0.467 e. The summed E-state index contributed by atoms with van der Waals surface area (Å²) in [5, 5.41) is 2.79. The van der Waals surface area contributed by atoms with Crippen molar-refractivity contribution < 1.29 is 22.4 Å². The summed E-state index contributed by atoms with van der Waals surface area (Å²) in [5.74, 6) is 0.163. The van der Waals surface area contributed by atoms with Crippen molar-refractivity contribution in [2.45, 2.75) is 6.54 Å². The molecule has 162 valence electrons. The number of furan rings is 1. The van der Waals surface area contributed by atoms with Gasteiger partial charge < -0.3 is 14.6 Å². The van der Waals surface area contributed by atoms with E-state index in [0.717, 1.165) is 0 Å². The molecule has 1 aliphatic rings. The van der Waals surface area contributed by atoms with E-state index in [1.165, 1.54) is 21.7 Å². The van der Waals surface area contributed by atoms with Crippen molar-refractivity contribution in [2.75, 3.05) is 50.9 Å². The Balaban J connectivity index is 1.61. The van der Waals surface area contributed by atoms with Crippen LogP contribution in [0.5, 0.6) is 0 Å². The molecule has 1 aromatic heterocycles. The van der Waals surface area contributed by atoms with Crippen LogP contribution in [0.15, 0.2) is 47.1 Å². The van der Waals surface area contributed by atoms with Crippen LogP contribution in [0, 0.1) is 0 Å². The first-order chi connectivity index (χ1) is 14.3. The number of anilines is 1. The number of rotatable bonds is 7. The molecule has 2 amide bonds. The Morgan fingerprint density at radius 1 is 1.10 bits per heavy atom. The molecule has 1 aromatic carbocycles. The summed E-state index contributed by atoms with van der Waals surface area (Å²) in [6.07, 6.45) is 2.73. The molecule has 0 bridgehead atoms. The smallest absolute Gasteiger partial charge is 0.253 e. The molecule has 0 unspecified atom stereocenters. The van der Waals surface area contributed by atoms with Gasteiger partial charge >= 0.3 is 0 Å². The van der Waals surface area contributed by atoms with Crippen molar-refractivity contribution in [3.8, 4) is 0 Å². The van der Waals surface area contributed by atoms with E-state index in [-0.39, 0.29) is 24.9 Å². The zero-order valence-corrected chi connectivity index (χ0v) is 17.9. The Labute approximate surface area is 176 Å². The van der Waals surface area contributed by atoms with Gasteiger partial charge in [0.15, 0.2) is 0 Å². The molecule has 2 aromatic rings. The summed E-state index contributed by atoms with van der Waals surface area (Å²) in [6.45, 7) is 2.10. The first-order valence-corrected chi connectivity index (χ1v) is 11.4. The number of hydrogen-bond donors (Lipinski definition) is 1. The number of carbonyl (C=O) groups excluding carboxylic acids is 2. The van der Waals surface area contributed by atoms with Gasteiger partial charge in [0, 0.05) is 33.2 Å². The third-order valence-corrected chi connectivity index (χ3v) is 6.35. The molecular weight excluding hydrogens is 408 g/mol. The fraction of sp³-hybridized carbons (Fsp3) is 0.400. The van der Waals surface area contributed by atoms with Gasteiger partial charge in [0.25, 0.3) is 5.91 Å². The second-order valence-electron chi connectivity index (χ2n) is 7.17. The average Bonchev–Trinajstić information content (AvgIpc) is 3.25. The maximum Gasteiger partial charge on any atom is 0.253 e. The Hall–Kier alpha value is -2.69. The van der Waals surface area contributed by atoms with Crippen LogP contribution in [-0.4, -0.2) is 75.5 Å². The number of hydrogen-bond acceptors (Lipinski definition) is 6. The fourth-order valence-corrected chi connectivity index (χ4v) is 4.11. The minimum atomic E-state index is -3.21. The third kappa shape index (κ3) is 5.47. The van der Waals surface area contributed by atoms with Crippen LogP contribution in [0.4, 0.5) is 5.69 Å². The van der Waals surface area contributed by atoms with Crippen molar-refractivity contribution in [3.63, 3.8) is 0 Å². The highest BCUT2D eigenvalue weighted by molar-refractivity contribution is 7.88. The lowest BCUT2D eigenvalue weighted by Gasteiger charge is -2.33. The van der Waals surface area contributed by atoms with E-state index < -0.39 is 10.0 Å². The molecular formula is C20H26N4O5S. The molecule has 1 aliphatic heterocycles. The fourth-order valence-electron chi connectivity index (χ4n) is 3.28. The van der Waals surface area contributed by atoms with Crippen molar-refractivity contribution in [1.29, 1.82) is 0 Å². The van der Waals surface area contributed by atoms with Crippen molar-refractivity contribution in [2.24, 2.45) is 0 Å². The van der Waals surface area contributed by atoms with Gasteiger partial charge in [-0.15, -0.1) is 0 Å². The summed E-state index contributed by atoms with van der Waals surface area (Å²) in [5.41, 5.74) is 0.899. The van der Waals surface area contributed by atoms with Crippen LogP contribution in [0.3, 0.4) is 0 Å². The molecule has 10 heteroatoms. The number of amides is 2. The van der Waals surface area contributed by atoms with E-state index in [9.17, 15) is 18.0 Å². The molecule has 1 N–H and O–H groups in total. The van der Waals surface area contributed by atoms with Crippen molar-refractivity contribution in [3.05, 3.63) is 54.0 Å². The predicted octanol–water partition coefficient (Wildman–Crippen LogP) is 0.750. The highest BCUT2D eigenvalue weighted by atomic mass is 32.2. The first-order valence-electron chi connectivity index (χ1n) is 9.59. The molecule has 30 heavy (non-hydrogen) atoms. The van der Waals surface area contributed by atoms with E-state index in [0.29, 0.717) is 43.2 Å². The lowest BCUT2D eigenvalue weighted by molar-refractivity contribution is -0.119. The van der Waals surface area contributed by atoms with Gasteiger partial charge in [-0.3, -0.25) is 14.5 Å². The highest BCUT2D eigenvalue weighted by Gasteiger charge is 2.26. The number of piperazine rings is 1. The summed E-state index contributed by atoms with van der Waals surface area (Å²) < 4.78 is 29.9. The molecule has 2 heterocycles. The number of carbonyl (C=O) groups is 2. The van der Waals surface area contributed by atoms with E-state index in [2.05, 4.69) is 5.32 Å². The molecule has 0 aliphatic carbocycles. The normalized spacial score (nSPS) is 15.7. The average molecular weight is 435 g/mol. The Morgan fingerprint density at radius 3 is 2.43 bits per heavy atom. The number of nitrogens with zero attached hydrogens (tertiary/aromatic N) is 3. The summed E-state index contributed by atoms with van der Waals surface area (Å²) >= 11 is 0. The molecule has 0 saturated carbocycles. The van der Waals surface area contributed by atoms with E-state index in [1.54, 1.807) is 43.4 Å². The van der Waals surface area contributed by atoms with Gasteiger partial charge in [-0.2, -0.15) is 4.31 Å². The van der Waals surface area contributed by atoms with Gasteiger partial charge in [0.2, 0.25) is 15.9 Å². The number of sulfonamides is 1. The lowest BCUT2D eigenvalue weighted by atomic mass is 10.1. The number of para-hydroxylation sites is 1. The Bertz CT molecular complexity index is 982. The summed E-state index contributed by atoms with van der Waals surface area (Å²) in [6, 6.07) is 10.4. The van der Waals surface area contributed by atoms with Gasteiger partial charge in [-0.05, 0) is 24.3 Å². The third-order valence-electron chi connectivity index (χ3n) is 5.05. The largest absolute Gasteiger partial charge is 0.467 e. The lowest BCUT2D eigenvalue weighted by Crippen LogP contribution is -2.51. The number of nitrogens with one attached hydrogen (secondary N) is 1. The standard InChI is InChI=1S/C20H26N4O5S/c1-22(19(25)15-23-9-11-24(12-10-23)30(2,27)28)18-8-4-3-7-17(18)20(26)21-14-16-6-5-13-29-16/h3-8,13H,9-12,14-15H2,1-2H3,(H,21,26). The quantitative estimate of drug-likeness (QED) is 0.690. The molecule has 9 nitrogen and oxygen atoms in total. The summed E-state index contributed by atoms with van der Waals surface area (Å²) in [7, 11) is -1.58. The zero-order valence-electron chi connectivity index (χ0n) is 17.1. The SMILES string of the molecule is CN(C(=O)CN1CCN(S(C)(=O)=O)CC1)c1ccccc1C(=O)NCc1ccco1. The highest BCUT2D eigenvalue weighted by Crippen LogP contribution is 2.20. The molecule has 1 saturated heterocycles. The van der Waals surface area contributed by atoms with Crippen LogP contribution in [0.2, 0.25) is 0 Å². The molecule has 0 radical (unpaired) electrons. The summed E-state index contributed by atoms with van der Waals surface area (Å²) in [4.78, 5) is 28.8. The first kappa shape index (κ1) is 22.0. The molecule has 1 fully saturated rings. The number of likely N-dealkylation sites (N-methyl/N-ethyl adjacent to an activating group) is 1. The van der Waals surface area contributed by atoms with Crippen LogP contribution in [0.25, 0.3) is 0 Å². The van der Waals surface area contributed by atoms with Gasteiger partial charge in [0.1, 0.15) is 5.76 Å². The van der Waals surface area contributed by atoms with E-state index in [4.69, 9.17) is 4.42 Å². The van der Waals surface area contributed by atoms with E-state index >= 15 is 0 Å². The van der Waals surface area contributed by atoms with Crippen molar-refractivity contribution in [1.82, 2.24) is 14.5 Å². The van der Waals surface area contributed by atoms with E-state index in [1.807, 2.05) is 4.90 Å². The second kappa shape index (κ2) is 9.41. The van der Waals surface area contributed by atoms with Crippen LogP contribution in [-0.2, 0) is 21.4 Å².